The van der Waals surface area contributed by atoms with E-state index in [2.05, 4.69) is 15.6 Å². The molecule has 3 rings (SSSR count). The standard InChI is InChI=1S/C19H23F2N3O2S/c20-12-7-8-15(21)14(11-12)17(25)22-10-9-16-18(26)24-19(27-16)23-13-5-3-1-2-4-6-13/h7-8,11,13,16H,1-6,9-10H2,(H,22,25)(H,23,24,26). The van der Waals surface area contributed by atoms with Crippen molar-refractivity contribution in [1.29, 1.82) is 0 Å². The number of hydrogen-bond donors (Lipinski definition) is 2. The molecule has 8 heteroatoms. The molecule has 2 aliphatic rings. The molecule has 0 radical (unpaired) electrons. The van der Waals surface area contributed by atoms with E-state index >= 15 is 0 Å². The van der Waals surface area contributed by atoms with E-state index < -0.39 is 17.5 Å². The smallest absolute Gasteiger partial charge is 0.254 e. The van der Waals surface area contributed by atoms with Gasteiger partial charge < -0.3 is 10.6 Å². The van der Waals surface area contributed by atoms with Crippen LogP contribution in [0.25, 0.3) is 0 Å². The van der Waals surface area contributed by atoms with Gasteiger partial charge in [0.05, 0.1) is 16.9 Å². The average Bonchev–Trinajstić information content (AvgIpc) is 2.83. The van der Waals surface area contributed by atoms with E-state index in [1.807, 2.05) is 0 Å². The normalized spacial score (nSPS) is 22.5. The number of carbonyl (C=O) groups excluding carboxylic acids is 2. The molecule has 2 N–H and O–H groups in total. The molecule has 1 atom stereocenters. The largest absolute Gasteiger partial charge is 0.352 e. The first-order valence-electron chi connectivity index (χ1n) is 9.31. The fourth-order valence-corrected chi connectivity index (χ4v) is 4.33. The number of aliphatic imine (C=N–C) groups is 1. The number of halogens is 2. The molecular formula is C19H23F2N3O2S. The number of amides is 2. The van der Waals surface area contributed by atoms with Gasteiger partial charge in [0.1, 0.15) is 11.6 Å². The maximum absolute atomic E-state index is 13.6. The Balaban J connectivity index is 1.49. The van der Waals surface area contributed by atoms with Gasteiger partial charge in [0, 0.05) is 6.54 Å². The van der Waals surface area contributed by atoms with Crippen molar-refractivity contribution in [2.45, 2.75) is 56.2 Å². The van der Waals surface area contributed by atoms with Crippen LogP contribution in [-0.4, -0.2) is 34.8 Å². The highest BCUT2D eigenvalue weighted by atomic mass is 32.2. The number of carbonyl (C=O) groups is 2. The molecule has 1 saturated heterocycles. The van der Waals surface area contributed by atoms with E-state index in [1.165, 1.54) is 37.4 Å². The second-order valence-electron chi connectivity index (χ2n) is 6.84. The van der Waals surface area contributed by atoms with Crippen molar-refractivity contribution in [1.82, 2.24) is 10.6 Å². The molecule has 0 aromatic heterocycles. The van der Waals surface area contributed by atoms with E-state index in [0.29, 0.717) is 11.6 Å². The van der Waals surface area contributed by atoms with Crippen LogP contribution in [-0.2, 0) is 4.79 Å². The molecule has 2 amide bonds. The van der Waals surface area contributed by atoms with Crippen LogP contribution in [0.2, 0.25) is 0 Å². The highest BCUT2D eigenvalue weighted by molar-refractivity contribution is 8.15. The molecule has 0 bridgehead atoms. The van der Waals surface area contributed by atoms with E-state index in [-0.39, 0.29) is 29.3 Å². The number of benzene rings is 1. The molecule has 0 spiro atoms. The first-order chi connectivity index (χ1) is 13.0. The molecule has 5 nitrogen and oxygen atoms in total. The lowest BCUT2D eigenvalue weighted by atomic mass is 10.1. The zero-order valence-electron chi connectivity index (χ0n) is 15.0. The van der Waals surface area contributed by atoms with Crippen molar-refractivity contribution in [2.24, 2.45) is 4.99 Å². The third-order valence-electron chi connectivity index (χ3n) is 4.77. The van der Waals surface area contributed by atoms with Crippen LogP contribution in [0.15, 0.2) is 23.2 Å². The molecule has 1 aliphatic carbocycles. The van der Waals surface area contributed by atoms with Gasteiger partial charge in [-0.3, -0.25) is 14.6 Å². The second-order valence-corrected chi connectivity index (χ2v) is 8.04. The summed E-state index contributed by atoms with van der Waals surface area (Å²) in [5.41, 5.74) is -0.339. The summed E-state index contributed by atoms with van der Waals surface area (Å²) in [5.74, 6) is -2.27. The molecule has 1 aromatic carbocycles. The predicted molar refractivity (Wildman–Crippen MR) is 102 cm³/mol. The summed E-state index contributed by atoms with van der Waals surface area (Å²) in [6, 6.07) is 3.01. The molecule has 1 saturated carbocycles. The molecule has 146 valence electrons. The van der Waals surface area contributed by atoms with Gasteiger partial charge in [-0.05, 0) is 37.5 Å². The zero-order chi connectivity index (χ0) is 19.2. The van der Waals surface area contributed by atoms with Crippen molar-refractivity contribution < 1.29 is 18.4 Å². The van der Waals surface area contributed by atoms with E-state index in [9.17, 15) is 18.4 Å². The van der Waals surface area contributed by atoms with Crippen LogP contribution >= 0.6 is 11.8 Å². The number of rotatable bonds is 5. The van der Waals surface area contributed by atoms with Crippen molar-refractivity contribution in [3.05, 3.63) is 35.4 Å². The minimum absolute atomic E-state index is 0.126. The monoisotopic (exact) mass is 395 g/mol. The van der Waals surface area contributed by atoms with Crippen molar-refractivity contribution in [2.75, 3.05) is 6.54 Å². The van der Waals surface area contributed by atoms with Gasteiger partial charge in [0.25, 0.3) is 5.91 Å². The lowest BCUT2D eigenvalue weighted by molar-refractivity contribution is -0.118. The lowest BCUT2D eigenvalue weighted by Gasteiger charge is -2.09. The summed E-state index contributed by atoms with van der Waals surface area (Å²) in [6.07, 6.45) is 7.34. The Labute approximate surface area is 161 Å². The van der Waals surface area contributed by atoms with Crippen molar-refractivity contribution >= 4 is 28.7 Å². The summed E-state index contributed by atoms with van der Waals surface area (Å²) < 4.78 is 26.8. The maximum Gasteiger partial charge on any atom is 0.254 e. The lowest BCUT2D eigenvalue weighted by Crippen LogP contribution is -2.30. The first-order valence-corrected chi connectivity index (χ1v) is 10.2. The topological polar surface area (TPSA) is 70.6 Å². The van der Waals surface area contributed by atoms with Gasteiger partial charge in [-0.15, -0.1) is 0 Å². The third-order valence-corrected chi connectivity index (χ3v) is 5.93. The summed E-state index contributed by atoms with van der Waals surface area (Å²) in [4.78, 5) is 28.8. The molecule has 1 heterocycles. The fourth-order valence-electron chi connectivity index (χ4n) is 3.29. The molecule has 1 aliphatic heterocycles. The number of thioether (sulfide) groups is 1. The minimum Gasteiger partial charge on any atom is -0.352 e. The van der Waals surface area contributed by atoms with Gasteiger partial charge in [-0.2, -0.15) is 0 Å². The van der Waals surface area contributed by atoms with Gasteiger partial charge in [-0.1, -0.05) is 37.4 Å². The summed E-state index contributed by atoms with van der Waals surface area (Å²) in [7, 11) is 0. The summed E-state index contributed by atoms with van der Waals surface area (Å²) in [5, 5.41) is 5.66. The number of nitrogens with one attached hydrogen (secondary N) is 2. The van der Waals surface area contributed by atoms with E-state index in [4.69, 9.17) is 0 Å². The van der Waals surface area contributed by atoms with Crippen LogP contribution in [0.5, 0.6) is 0 Å². The Morgan fingerprint density at radius 1 is 1.22 bits per heavy atom. The minimum atomic E-state index is -0.778. The third kappa shape index (κ3) is 5.51. The van der Waals surface area contributed by atoms with Crippen LogP contribution in [0.4, 0.5) is 8.78 Å². The van der Waals surface area contributed by atoms with Crippen LogP contribution in [0.1, 0.15) is 55.3 Å². The maximum atomic E-state index is 13.6. The number of nitrogens with zero attached hydrogens (tertiary/aromatic N) is 1. The summed E-state index contributed by atoms with van der Waals surface area (Å²) >= 11 is 1.38. The van der Waals surface area contributed by atoms with Crippen molar-refractivity contribution in [3.63, 3.8) is 0 Å². The Bertz CT molecular complexity index is 734. The van der Waals surface area contributed by atoms with Gasteiger partial charge in [-0.25, -0.2) is 8.78 Å². The Morgan fingerprint density at radius 3 is 2.70 bits per heavy atom. The Morgan fingerprint density at radius 2 is 1.96 bits per heavy atom. The quantitative estimate of drug-likeness (QED) is 0.751. The van der Waals surface area contributed by atoms with E-state index in [1.54, 1.807) is 0 Å². The molecule has 2 fully saturated rings. The zero-order valence-corrected chi connectivity index (χ0v) is 15.8. The Kier molecular flexibility index (Phi) is 6.82. The van der Waals surface area contributed by atoms with Gasteiger partial charge >= 0.3 is 0 Å². The van der Waals surface area contributed by atoms with Gasteiger partial charge in [0.15, 0.2) is 5.17 Å². The van der Waals surface area contributed by atoms with Gasteiger partial charge in [0.2, 0.25) is 5.91 Å². The number of hydrogen-bond acceptors (Lipinski definition) is 4. The average molecular weight is 395 g/mol. The SMILES string of the molecule is O=C(NCCC1SC(=NC2CCCCCC2)NC1=O)c1cc(F)ccc1F. The van der Waals surface area contributed by atoms with Crippen molar-refractivity contribution in [3.8, 4) is 0 Å². The highest BCUT2D eigenvalue weighted by Gasteiger charge is 2.30. The second kappa shape index (κ2) is 9.30. The molecule has 1 aromatic rings. The fraction of sp³-hybridized carbons (Fsp3) is 0.526. The number of amidine groups is 1. The first kappa shape index (κ1) is 19.8. The van der Waals surface area contributed by atoms with Crippen LogP contribution < -0.4 is 10.6 Å². The molecule has 27 heavy (non-hydrogen) atoms. The Hall–Kier alpha value is -1.96. The van der Waals surface area contributed by atoms with Crippen LogP contribution in [0.3, 0.4) is 0 Å². The highest BCUT2D eigenvalue weighted by Crippen LogP contribution is 2.26. The predicted octanol–water partition coefficient (Wildman–Crippen LogP) is 3.40. The molecular weight excluding hydrogens is 372 g/mol. The molecule has 1 unspecified atom stereocenters. The van der Waals surface area contributed by atoms with Crippen LogP contribution in [0, 0.1) is 11.6 Å². The summed E-state index contributed by atoms with van der Waals surface area (Å²) in [6.45, 7) is 0.191. The van der Waals surface area contributed by atoms with E-state index in [0.717, 1.165) is 31.0 Å².